The van der Waals surface area contributed by atoms with E-state index < -0.39 is 6.10 Å². The number of aliphatic hydroxyl groups excluding tert-OH is 1. The van der Waals surface area contributed by atoms with Crippen LogP contribution in [0.25, 0.3) is 0 Å². The number of rotatable bonds is 5. The highest BCUT2D eigenvalue weighted by Crippen LogP contribution is 2.28. The maximum absolute atomic E-state index is 12.3. The number of aliphatic hydroxyl groups is 1. The fourth-order valence-electron chi connectivity index (χ4n) is 2.50. The first-order chi connectivity index (χ1) is 10.0. The summed E-state index contributed by atoms with van der Waals surface area (Å²) in [5.41, 5.74) is 0.960. The first-order valence-electron chi connectivity index (χ1n) is 6.92. The van der Waals surface area contributed by atoms with E-state index in [-0.39, 0.29) is 11.9 Å². The number of likely N-dealkylation sites (N-methyl/N-ethyl adjacent to an activating group) is 1. The fourth-order valence-corrected chi connectivity index (χ4v) is 2.50. The zero-order chi connectivity index (χ0) is 15.4. The van der Waals surface area contributed by atoms with Crippen LogP contribution < -0.4 is 14.8 Å². The molecule has 2 rings (SSSR count). The molecule has 0 aliphatic carbocycles. The molecule has 1 heterocycles. The van der Waals surface area contributed by atoms with Crippen molar-refractivity contribution < 1.29 is 19.4 Å². The van der Waals surface area contributed by atoms with E-state index in [2.05, 4.69) is 5.32 Å². The van der Waals surface area contributed by atoms with Crippen molar-refractivity contribution in [2.45, 2.75) is 25.1 Å². The van der Waals surface area contributed by atoms with Crippen LogP contribution in [0.1, 0.15) is 12.0 Å². The Morgan fingerprint density at radius 3 is 2.67 bits per heavy atom. The molecule has 0 spiro atoms. The lowest BCUT2D eigenvalue weighted by molar-refractivity contribution is -0.132. The first kappa shape index (κ1) is 15.6. The molecule has 1 aliphatic rings. The summed E-state index contributed by atoms with van der Waals surface area (Å²) in [6.07, 6.45) is 0.0307. The third-order valence-corrected chi connectivity index (χ3v) is 3.65. The Morgan fingerprint density at radius 1 is 1.38 bits per heavy atom. The van der Waals surface area contributed by atoms with Crippen LogP contribution in [0, 0.1) is 0 Å². The molecular weight excluding hydrogens is 272 g/mol. The van der Waals surface area contributed by atoms with E-state index in [1.165, 1.54) is 0 Å². The summed E-state index contributed by atoms with van der Waals surface area (Å²) in [6, 6.07) is 5.29. The van der Waals surface area contributed by atoms with Crippen LogP contribution in [-0.4, -0.2) is 55.9 Å². The van der Waals surface area contributed by atoms with Gasteiger partial charge < -0.3 is 24.8 Å². The third-order valence-electron chi connectivity index (χ3n) is 3.65. The number of amides is 1. The lowest BCUT2D eigenvalue weighted by atomic mass is 10.1. The molecule has 2 atom stereocenters. The number of methoxy groups -OCH3 is 2. The standard InChI is InChI=1S/C15H22N2O4/c1-17(15(19)12-7-11(18)8-16-12)9-10-4-5-13(20-2)14(6-10)21-3/h4-6,11-12,16,18H,7-9H2,1-3H3. The van der Waals surface area contributed by atoms with E-state index in [1.54, 1.807) is 26.2 Å². The molecule has 6 heteroatoms. The molecule has 0 saturated carbocycles. The first-order valence-corrected chi connectivity index (χ1v) is 6.92. The second-order valence-electron chi connectivity index (χ2n) is 5.23. The lowest BCUT2D eigenvalue weighted by Crippen LogP contribution is -2.41. The van der Waals surface area contributed by atoms with Gasteiger partial charge in [-0.05, 0) is 24.1 Å². The Morgan fingerprint density at radius 2 is 2.10 bits per heavy atom. The molecule has 6 nitrogen and oxygen atoms in total. The number of nitrogens with zero attached hydrogens (tertiary/aromatic N) is 1. The van der Waals surface area contributed by atoms with Gasteiger partial charge in [-0.3, -0.25) is 4.79 Å². The van der Waals surface area contributed by atoms with Gasteiger partial charge in [0.1, 0.15) is 0 Å². The molecule has 0 bridgehead atoms. The van der Waals surface area contributed by atoms with Gasteiger partial charge in [0.15, 0.2) is 11.5 Å². The molecule has 21 heavy (non-hydrogen) atoms. The van der Waals surface area contributed by atoms with Gasteiger partial charge in [-0.25, -0.2) is 0 Å². The van der Waals surface area contributed by atoms with Crippen molar-refractivity contribution in [3.05, 3.63) is 23.8 Å². The van der Waals surface area contributed by atoms with Crippen LogP contribution in [-0.2, 0) is 11.3 Å². The van der Waals surface area contributed by atoms with E-state index in [9.17, 15) is 9.90 Å². The second-order valence-corrected chi connectivity index (χ2v) is 5.23. The predicted octanol–water partition coefficient (Wildman–Crippen LogP) is 0.385. The SMILES string of the molecule is COc1ccc(CN(C)C(=O)C2CC(O)CN2)cc1OC. The topological polar surface area (TPSA) is 71.0 Å². The minimum absolute atomic E-state index is 0.0127. The zero-order valence-electron chi connectivity index (χ0n) is 12.6. The lowest BCUT2D eigenvalue weighted by Gasteiger charge is -2.21. The van der Waals surface area contributed by atoms with E-state index in [1.807, 2.05) is 18.2 Å². The zero-order valence-corrected chi connectivity index (χ0v) is 12.6. The molecule has 1 aromatic carbocycles. The van der Waals surface area contributed by atoms with Crippen LogP contribution in [0.5, 0.6) is 11.5 Å². The summed E-state index contributed by atoms with van der Waals surface area (Å²) in [4.78, 5) is 13.9. The Bertz CT molecular complexity index is 506. The Balaban J connectivity index is 2.02. The van der Waals surface area contributed by atoms with Crippen molar-refractivity contribution in [1.82, 2.24) is 10.2 Å². The van der Waals surface area contributed by atoms with Gasteiger partial charge in [-0.1, -0.05) is 6.07 Å². The van der Waals surface area contributed by atoms with Crippen molar-refractivity contribution >= 4 is 5.91 Å². The summed E-state index contributed by atoms with van der Waals surface area (Å²) < 4.78 is 10.5. The predicted molar refractivity (Wildman–Crippen MR) is 78.4 cm³/mol. The van der Waals surface area contributed by atoms with Crippen molar-refractivity contribution in [3.63, 3.8) is 0 Å². The van der Waals surface area contributed by atoms with Crippen LogP contribution in [0.3, 0.4) is 0 Å². The van der Waals surface area contributed by atoms with Crippen molar-refractivity contribution in [2.24, 2.45) is 0 Å². The number of carbonyl (C=O) groups excluding carboxylic acids is 1. The molecule has 0 aromatic heterocycles. The normalized spacial score (nSPS) is 21.1. The summed E-state index contributed by atoms with van der Waals surface area (Å²) in [7, 11) is 4.93. The van der Waals surface area contributed by atoms with E-state index in [0.29, 0.717) is 31.0 Å². The number of benzene rings is 1. The molecule has 0 radical (unpaired) electrons. The molecule has 1 aliphatic heterocycles. The van der Waals surface area contributed by atoms with Crippen LogP contribution in [0.15, 0.2) is 18.2 Å². The Hall–Kier alpha value is -1.79. The van der Waals surface area contributed by atoms with Crippen LogP contribution >= 0.6 is 0 Å². The van der Waals surface area contributed by atoms with Gasteiger partial charge in [-0.2, -0.15) is 0 Å². The van der Waals surface area contributed by atoms with Crippen LogP contribution in [0.4, 0.5) is 0 Å². The fraction of sp³-hybridized carbons (Fsp3) is 0.533. The number of ether oxygens (including phenoxy) is 2. The number of hydrogen-bond acceptors (Lipinski definition) is 5. The third kappa shape index (κ3) is 3.65. The van der Waals surface area contributed by atoms with Gasteiger partial charge in [-0.15, -0.1) is 0 Å². The summed E-state index contributed by atoms with van der Waals surface area (Å²) in [6.45, 7) is 0.952. The molecule has 2 unspecified atom stereocenters. The molecule has 1 saturated heterocycles. The van der Waals surface area contributed by atoms with Crippen molar-refractivity contribution in [2.75, 3.05) is 27.8 Å². The minimum atomic E-state index is -0.437. The van der Waals surface area contributed by atoms with Gasteiger partial charge >= 0.3 is 0 Å². The average Bonchev–Trinajstić information content (AvgIpc) is 2.92. The second kappa shape index (κ2) is 6.78. The van der Waals surface area contributed by atoms with Crippen LogP contribution in [0.2, 0.25) is 0 Å². The highest BCUT2D eigenvalue weighted by molar-refractivity contribution is 5.82. The quantitative estimate of drug-likeness (QED) is 0.822. The highest BCUT2D eigenvalue weighted by atomic mass is 16.5. The van der Waals surface area contributed by atoms with Gasteiger partial charge in [0.2, 0.25) is 5.91 Å². The van der Waals surface area contributed by atoms with E-state index >= 15 is 0 Å². The largest absolute Gasteiger partial charge is 0.493 e. The molecular formula is C15H22N2O4. The number of β-amino-alcohol motifs (C(OH)–C–C–N with tert-alkyl or cyclic N) is 1. The van der Waals surface area contributed by atoms with E-state index in [4.69, 9.17) is 9.47 Å². The van der Waals surface area contributed by atoms with Gasteiger partial charge in [0.05, 0.1) is 26.4 Å². The Kier molecular flexibility index (Phi) is 5.03. The smallest absolute Gasteiger partial charge is 0.239 e. The molecule has 1 aromatic rings. The number of nitrogens with one attached hydrogen (secondary N) is 1. The summed E-state index contributed by atoms with van der Waals surface area (Å²) in [5, 5.41) is 12.5. The molecule has 116 valence electrons. The molecule has 2 N–H and O–H groups in total. The van der Waals surface area contributed by atoms with E-state index in [0.717, 1.165) is 5.56 Å². The molecule has 1 amide bonds. The maximum Gasteiger partial charge on any atom is 0.239 e. The minimum Gasteiger partial charge on any atom is -0.493 e. The van der Waals surface area contributed by atoms with Crippen molar-refractivity contribution in [3.8, 4) is 11.5 Å². The number of carbonyl (C=O) groups is 1. The van der Waals surface area contributed by atoms with Gasteiger partial charge in [0.25, 0.3) is 0 Å². The molecule has 1 fully saturated rings. The number of hydrogen-bond donors (Lipinski definition) is 2. The summed E-state index contributed by atoms with van der Waals surface area (Å²) in [5.74, 6) is 1.29. The highest BCUT2D eigenvalue weighted by Gasteiger charge is 2.30. The summed E-state index contributed by atoms with van der Waals surface area (Å²) >= 11 is 0. The maximum atomic E-state index is 12.3. The Labute approximate surface area is 124 Å². The average molecular weight is 294 g/mol. The van der Waals surface area contributed by atoms with Crippen molar-refractivity contribution in [1.29, 1.82) is 0 Å². The monoisotopic (exact) mass is 294 g/mol. The van der Waals surface area contributed by atoms with Gasteiger partial charge in [0, 0.05) is 20.1 Å².